The van der Waals surface area contributed by atoms with E-state index in [0.29, 0.717) is 12.1 Å². The monoisotopic (exact) mass is 394 g/mol. The van der Waals surface area contributed by atoms with E-state index in [9.17, 15) is 40.6 Å². The van der Waals surface area contributed by atoms with Crippen molar-refractivity contribution in [3.63, 3.8) is 0 Å². The second-order valence-corrected chi connectivity index (χ2v) is 5.63. The number of nitrogens with two attached hydrogens (primary N) is 1. The average molecular weight is 394 g/mol. The highest BCUT2D eigenvalue weighted by atomic mass is 16.6. The lowest BCUT2D eigenvalue weighted by molar-refractivity contribution is -0.669. The Labute approximate surface area is 158 Å². The molecule has 0 aliphatic rings. The fourth-order valence-corrected chi connectivity index (χ4v) is 2.10. The number of aliphatic hydroxyl groups is 1. The number of rotatable bonds is 6. The van der Waals surface area contributed by atoms with Gasteiger partial charge in [-0.25, -0.2) is 0 Å². The van der Waals surface area contributed by atoms with E-state index in [1.807, 2.05) is 49.6 Å². The summed E-state index contributed by atoms with van der Waals surface area (Å²) in [6.45, 7) is 2.01. The third-order valence-electron chi connectivity index (χ3n) is 3.80. The lowest BCUT2D eigenvalue weighted by Gasteiger charge is -2.15. The zero-order chi connectivity index (χ0) is 21.4. The summed E-state index contributed by atoms with van der Waals surface area (Å²) in [6.07, 6.45) is -0.365. The maximum atomic E-state index is 11.1. The molecule has 0 amide bonds. The van der Waals surface area contributed by atoms with E-state index in [-0.39, 0.29) is 12.1 Å². The summed E-state index contributed by atoms with van der Waals surface area (Å²) in [6, 6.07) is 10.7. The Kier molecular flexibility index (Phi) is 7.91. The number of benzene rings is 2. The van der Waals surface area contributed by atoms with Crippen LogP contribution in [0, 0.1) is 30.3 Å². The summed E-state index contributed by atoms with van der Waals surface area (Å²) in [4.78, 5) is 27.5. The van der Waals surface area contributed by atoms with Crippen LogP contribution in [0.4, 0.5) is 17.1 Å². The van der Waals surface area contributed by atoms with Crippen molar-refractivity contribution in [3.8, 4) is 5.75 Å². The van der Waals surface area contributed by atoms with Crippen LogP contribution in [0.1, 0.15) is 18.6 Å². The Morgan fingerprint density at radius 1 is 0.929 bits per heavy atom. The van der Waals surface area contributed by atoms with Gasteiger partial charge < -0.3 is 15.5 Å². The first-order valence-corrected chi connectivity index (χ1v) is 7.90. The number of quaternary nitrogens is 1. The molecule has 0 saturated carbocycles. The first kappa shape index (κ1) is 22.4. The second kappa shape index (κ2) is 9.89. The number of likely N-dealkylation sites (N-methyl/N-ethyl adjacent to an activating group) is 1. The fraction of sp³-hybridized carbons (Fsp3) is 0.250. The van der Waals surface area contributed by atoms with Gasteiger partial charge in [0.1, 0.15) is 12.1 Å². The van der Waals surface area contributed by atoms with E-state index in [1.165, 1.54) is 0 Å². The van der Waals surface area contributed by atoms with Gasteiger partial charge in [0, 0.05) is 0 Å². The van der Waals surface area contributed by atoms with Crippen molar-refractivity contribution in [1.29, 1.82) is 0 Å². The minimum atomic E-state index is -1.46. The highest BCUT2D eigenvalue weighted by molar-refractivity contribution is 5.63. The van der Waals surface area contributed by atoms with Crippen LogP contribution in [0.3, 0.4) is 0 Å². The van der Waals surface area contributed by atoms with Gasteiger partial charge >= 0.3 is 0 Å². The first-order chi connectivity index (χ1) is 13.1. The molecule has 2 rings (SSSR count). The smallest absolute Gasteiger partial charge is 0.283 e. The van der Waals surface area contributed by atoms with Gasteiger partial charge in [-0.2, -0.15) is 0 Å². The molecule has 0 aliphatic carbocycles. The molecule has 0 heterocycles. The second-order valence-electron chi connectivity index (χ2n) is 5.63. The molecule has 3 N–H and O–H groups in total. The number of hydrogen-bond donors (Lipinski definition) is 2. The third kappa shape index (κ3) is 5.69. The largest absolute Gasteiger partial charge is 0.863 e. The minimum absolute atomic E-state index is 0.215. The van der Waals surface area contributed by atoms with Gasteiger partial charge in [0.05, 0.1) is 39.7 Å². The van der Waals surface area contributed by atoms with Crippen molar-refractivity contribution in [3.05, 3.63) is 78.4 Å². The number of nitro groups is 3. The van der Waals surface area contributed by atoms with Crippen LogP contribution in [-0.2, 0) is 0 Å². The summed E-state index contributed by atoms with van der Waals surface area (Å²) < 4.78 is 0. The molecule has 0 aromatic heterocycles. The Balaban J connectivity index is 0.000000292. The van der Waals surface area contributed by atoms with Crippen LogP contribution in [0.15, 0.2) is 42.5 Å². The molecule has 12 nitrogen and oxygen atoms in total. The zero-order valence-corrected chi connectivity index (χ0v) is 14.9. The summed E-state index contributed by atoms with van der Waals surface area (Å²) in [5.41, 5.74) is -2.28. The Hall–Kier alpha value is -3.64. The van der Waals surface area contributed by atoms with Gasteiger partial charge in [-0.3, -0.25) is 30.3 Å². The number of nitrogens with zero attached hydrogens (tertiary/aromatic N) is 3. The quantitative estimate of drug-likeness (QED) is 0.530. The van der Waals surface area contributed by atoms with Gasteiger partial charge in [0.15, 0.2) is 0 Å². The van der Waals surface area contributed by atoms with Crippen LogP contribution in [-0.4, -0.2) is 33.0 Å². The zero-order valence-electron chi connectivity index (χ0n) is 14.9. The SMILES string of the molecule is C[NH2+][C@@H](C)[C@H](O)c1ccccc1.O=[N+]([O-])c1cc([N+](=O)[O-])c([O-])c([N+](=O)[O-])c1. The van der Waals surface area contributed by atoms with Crippen LogP contribution in [0.2, 0.25) is 0 Å². The summed E-state index contributed by atoms with van der Waals surface area (Å²) in [5.74, 6) is -1.46. The molecule has 2 aromatic carbocycles. The van der Waals surface area contributed by atoms with Crippen LogP contribution < -0.4 is 10.4 Å². The molecule has 0 spiro atoms. The van der Waals surface area contributed by atoms with Crippen molar-refractivity contribution < 1.29 is 30.3 Å². The van der Waals surface area contributed by atoms with Gasteiger partial charge in [-0.05, 0) is 12.5 Å². The van der Waals surface area contributed by atoms with E-state index in [1.54, 1.807) is 0 Å². The molecule has 2 aromatic rings. The molecule has 0 fully saturated rings. The van der Waals surface area contributed by atoms with Crippen molar-refractivity contribution in [1.82, 2.24) is 0 Å². The first-order valence-electron chi connectivity index (χ1n) is 7.90. The summed E-state index contributed by atoms with van der Waals surface area (Å²) >= 11 is 0. The lowest BCUT2D eigenvalue weighted by atomic mass is 10.0. The topological polar surface area (TPSA) is 189 Å². The molecule has 2 atom stereocenters. The van der Waals surface area contributed by atoms with Crippen molar-refractivity contribution >= 4 is 17.1 Å². The molecule has 0 aliphatic heterocycles. The molecule has 150 valence electrons. The Morgan fingerprint density at radius 2 is 1.39 bits per heavy atom. The molecular formula is C16H18N4O8. The summed E-state index contributed by atoms with van der Waals surface area (Å²) in [5, 5.41) is 53.9. The molecular weight excluding hydrogens is 376 g/mol. The molecule has 0 saturated heterocycles. The molecule has 0 bridgehead atoms. The van der Waals surface area contributed by atoms with E-state index in [0.717, 1.165) is 5.56 Å². The van der Waals surface area contributed by atoms with E-state index >= 15 is 0 Å². The van der Waals surface area contributed by atoms with Crippen LogP contribution in [0.25, 0.3) is 0 Å². The molecule has 0 unspecified atom stereocenters. The predicted octanol–water partition coefficient (Wildman–Crippen LogP) is 0.787. The van der Waals surface area contributed by atoms with Crippen molar-refractivity contribution in [2.24, 2.45) is 0 Å². The van der Waals surface area contributed by atoms with Gasteiger partial charge in [0.25, 0.3) is 17.1 Å². The maximum absolute atomic E-state index is 11.1. The lowest BCUT2D eigenvalue weighted by Crippen LogP contribution is -2.86. The highest BCUT2D eigenvalue weighted by Crippen LogP contribution is 2.36. The van der Waals surface area contributed by atoms with E-state index in [2.05, 4.69) is 0 Å². The number of hydrogen-bond acceptors (Lipinski definition) is 8. The Bertz CT molecular complexity index is 824. The van der Waals surface area contributed by atoms with Gasteiger partial charge in [0.2, 0.25) is 0 Å². The van der Waals surface area contributed by atoms with Crippen LogP contribution >= 0.6 is 0 Å². The predicted molar refractivity (Wildman–Crippen MR) is 94.6 cm³/mol. The normalized spacial score (nSPS) is 12.2. The van der Waals surface area contributed by atoms with Crippen molar-refractivity contribution in [2.75, 3.05) is 7.05 Å². The number of aliphatic hydroxyl groups excluding tert-OH is 1. The Morgan fingerprint density at radius 3 is 1.75 bits per heavy atom. The number of non-ortho nitro benzene ring substituents is 1. The highest BCUT2D eigenvalue weighted by Gasteiger charge is 2.24. The minimum Gasteiger partial charge on any atom is -0.863 e. The molecule has 12 heteroatoms. The number of nitro benzene ring substituents is 3. The van der Waals surface area contributed by atoms with Crippen LogP contribution in [0.5, 0.6) is 5.75 Å². The van der Waals surface area contributed by atoms with Gasteiger partial charge in [-0.1, -0.05) is 30.3 Å². The fourth-order valence-electron chi connectivity index (χ4n) is 2.10. The molecule has 28 heavy (non-hydrogen) atoms. The van der Waals surface area contributed by atoms with E-state index in [4.69, 9.17) is 0 Å². The maximum Gasteiger partial charge on any atom is 0.283 e. The third-order valence-corrected chi connectivity index (χ3v) is 3.80. The average Bonchev–Trinajstić information content (AvgIpc) is 2.67. The van der Waals surface area contributed by atoms with E-state index < -0.39 is 37.6 Å². The molecule has 0 radical (unpaired) electrons. The summed E-state index contributed by atoms with van der Waals surface area (Å²) in [7, 11) is 1.97. The van der Waals surface area contributed by atoms with Gasteiger partial charge in [-0.15, -0.1) is 0 Å². The van der Waals surface area contributed by atoms with Crippen molar-refractivity contribution in [2.45, 2.75) is 19.1 Å². The standard InChI is InChI=1S/C10H15NO.C6H3N3O7/c1-8(11-2)10(12)9-6-4-3-5-7-9;10-6-4(8(13)14)1-3(7(11)12)2-5(6)9(15)16/h3-8,10-12H,1-2H3;1-2,10H/t8-,10-;/m0./s1.